The zero-order valence-corrected chi connectivity index (χ0v) is 13.0. The summed E-state index contributed by atoms with van der Waals surface area (Å²) in [6.45, 7) is 2.41. The number of benzene rings is 1. The van der Waals surface area contributed by atoms with E-state index in [1.54, 1.807) is 30.0 Å². The Kier molecular flexibility index (Phi) is 4.28. The van der Waals surface area contributed by atoms with Crippen LogP contribution in [-0.4, -0.2) is 28.4 Å². The van der Waals surface area contributed by atoms with E-state index >= 15 is 0 Å². The van der Waals surface area contributed by atoms with Gasteiger partial charge in [0.05, 0.1) is 0 Å². The van der Waals surface area contributed by atoms with Crippen LogP contribution in [0.4, 0.5) is 4.39 Å². The number of carbonyl (C=O) groups excluding carboxylic acids is 1. The molecule has 1 aromatic heterocycles. The Morgan fingerprint density at radius 1 is 1.35 bits per heavy atom. The molecule has 2 aromatic rings. The van der Waals surface area contributed by atoms with Gasteiger partial charge < -0.3 is 9.88 Å². The van der Waals surface area contributed by atoms with Gasteiger partial charge >= 0.3 is 0 Å². The number of pyridine rings is 1. The number of aromatic nitrogens is 1. The lowest BCUT2D eigenvalue weighted by atomic mass is 10.0. The minimum Gasteiger partial charge on any atom is -0.335 e. The van der Waals surface area contributed by atoms with Crippen molar-refractivity contribution < 1.29 is 9.18 Å². The van der Waals surface area contributed by atoms with Crippen molar-refractivity contribution in [1.29, 1.82) is 0 Å². The van der Waals surface area contributed by atoms with Gasteiger partial charge in [-0.25, -0.2) is 4.39 Å². The molecule has 1 N–H and O–H groups in total. The Morgan fingerprint density at radius 3 is 2.91 bits per heavy atom. The standard InChI is InChI=1S/C18H19FN2O2/c1-12-7-8-16(17(22)20-12)18(23)21-9-3-6-15(21)11-13-4-2-5-14(19)10-13/h2,4-5,7-8,10,15H,3,6,9,11H2,1H3,(H,20,22)/t15-/m1/s1. The zero-order chi connectivity index (χ0) is 16.4. The third-order valence-corrected chi connectivity index (χ3v) is 4.28. The average molecular weight is 314 g/mol. The number of hydrogen-bond acceptors (Lipinski definition) is 2. The molecule has 1 amide bonds. The quantitative estimate of drug-likeness (QED) is 0.947. The van der Waals surface area contributed by atoms with Crippen LogP contribution in [0.25, 0.3) is 0 Å². The van der Waals surface area contributed by atoms with E-state index in [9.17, 15) is 14.0 Å². The number of amides is 1. The van der Waals surface area contributed by atoms with Crippen molar-refractivity contribution in [2.75, 3.05) is 6.54 Å². The summed E-state index contributed by atoms with van der Waals surface area (Å²) >= 11 is 0. The average Bonchev–Trinajstić information content (AvgIpc) is 2.95. The van der Waals surface area contributed by atoms with E-state index in [2.05, 4.69) is 4.98 Å². The summed E-state index contributed by atoms with van der Waals surface area (Å²) in [6.07, 6.45) is 2.37. The van der Waals surface area contributed by atoms with Crippen LogP contribution in [0.15, 0.2) is 41.2 Å². The molecule has 0 radical (unpaired) electrons. The molecular formula is C18H19FN2O2. The molecule has 1 aromatic carbocycles. The van der Waals surface area contributed by atoms with Gasteiger partial charge in [-0.1, -0.05) is 12.1 Å². The third kappa shape index (κ3) is 3.33. The van der Waals surface area contributed by atoms with E-state index in [0.29, 0.717) is 13.0 Å². The molecule has 1 aliphatic rings. The summed E-state index contributed by atoms with van der Waals surface area (Å²) in [5.74, 6) is -0.515. The van der Waals surface area contributed by atoms with Gasteiger partial charge in [0.1, 0.15) is 11.4 Å². The number of nitrogens with zero attached hydrogens (tertiary/aromatic N) is 1. The summed E-state index contributed by atoms with van der Waals surface area (Å²) in [5, 5.41) is 0. The normalized spacial score (nSPS) is 17.5. The number of rotatable bonds is 3. The fraction of sp³-hybridized carbons (Fsp3) is 0.333. The van der Waals surface area contributed by atoms with E-state index in [4.69, 9.17) is 0 Å². The predicted octanol–water partition coefficient (Wildman–Crippen LogP) is 2.67. The fourth-order valence-electron chi connectivity index (χ4n) is 3.15. The highest BCUT2D eigenvalue weighted by atomic mass is 19.1. The van der Waals surface area contributed by atoms with Crippen molar-refractivity contribution in [2.24, 2.45) is 0 Å². The molecule has 5 heteroatoms. The molecular weight excluding hydrogens is 295 g/mol. The van der Waals surface area contributed by atoms with Gasteiger partial charge in [-0.2, -0.15) is 0 Å². The van der Waals surface area contributed by atoms with Crippen LogP contribution in [0.3, 0.4) is 0 Å². The summed E-state index contributed by atoms with van der Waals surface area (Å²) in [6, 6.07) is 9.76. The second-order valence-electron chi connectivity index (χ2n) is 6.01. The first kappa shape index (κ1) is 15.5. The molecule has 1 saturated heterocycles. The number of aryl methyl sites for hydroxylation is 1. The van der Waals surface area contributed by atoms with Crippen molar-refractivity contribution >= 4 is 5.91 Å². The van der Waals surface area contributed by atoms with E-state index < -0.39 is 0 Å². The third-order valence-electron chi connectivity index (χ3n) is 4.28. The van der Waals surface area contributed by atoms with Crippen LogP contribution in [-0.2, 0) is 6.42 Å². The molecule has 1 fully saturated rings. The van der Waals surface area contributed by atoms with Crippen LogP contribution in [0, 0.1) is 12.7 Å². The van der Waals surface area contributed by atoms with Gasteiger partial charge in [0.15, 0.2) is 0 Å². The molecule has 4 nitrogen and oxygen atoms in total. The number of hydrogen-bond donors (Lipinski definition) is 1. The summed E-state index contributed by atoms with van der Waals surface area (Å²) in [4.78, 5) is 29.1. The van der Waals surface area contributed by atoms with E-state index in [1.165, 1.54) is 12.1 Å². The van der Waals surface area contributed by atoms with Crippen LogP contribution < -0.4 is 5.56 Å². The Morgan fingerprint density at radius 2 is 2.17 bits per heavy atom. The first-order valence-corrected chi connectivity index (χ1v) is 7.80. The van der Waals surface area contributed by atoms with Crippen molar-refractivity contribution in [1.82, 2.24) is 9.88 Å². The fourth-order valence-corrected chi connectivity index (χ4v) is 3.15. The second kappa shape index (κ2) is 6.36. The van der Waals surface area contributed by atoms with Crippen molar-refractivity contribution in [2.45, 2.75) is 32.2 Å². The van der Waals surface area contributed by atoms with Gasteiger partial charge in [-0.05, 0) is 56.0 Å². The van der Waals surface area contributed by atoms with Crippen molar-refractivity contribution in [3.05, 3.63) is 69.4 Å². The smallest absolute Gasteiger partial charge is 0.260 e. The lowest BCUT2D eigenvalue weighted by molar-refractivity contribution is 0.0734. The van der Waals surface area contributed by atoms with E-state index in [1.807, 2.05) is 6.07 Å². The minimum atomic E-state index is -0.355. The Hall–Kier alpha value is -2.43. The molecule has 0 saturated carbocycles. The van der Waals surface area contributed by atoms with Crippen molar-refractivity contribution in [3.63, 3.8) is 0 Å². The van der Waals surface area contributed by atoms with Gasteiger partial charge in [-0.15, -0.1) is 0 Å². The monoisotopic (exact) mass is 314 g/mol. The van der Waals surface area contributed by atoms with Crippen LogP contribution in [0.5, 0.6) is 0 Å². The number of H-pyrrole nitrogens is 1. The molecule has 3 rings (SSSR count). The predicted molar refractivity (Wildman–Crippen MR) is 86.0 cm³/mol. The number of carbonyl (C=O) groups is 1. The molecule has 0 aliphatic carbocycles. The molecule has 120 valence electrons. The van der Waals surface area contributed by atoms with Gasteiger partial charge in [0.2, 0.25) is 0 Å². The maximum absolute atomic E-state index is 13.3. The van der Waals surface area contributed by atoms with E-state index in [0.717, 1.165) is 24.1 Å². The molecule has 1 aliphatic heterocycles. The van der Waals surface area contributed by atoms with Gasteiger partial charge in [-0.3, -0.25) is 9.59 Å². The largest absolute Gasteiger partial charge is 0.335 e. The van der Waals surface area contributed by atoms with Crippen LogP contribution in [0.2, 0.25) is 0 Å². The van der Waals surface area contributed by atoms with Crippen LogP contribution >= 0.6 is 0 Å². The Balaban J connectivity index is 1.81. The lowest BCUT2D eigenvalue weighted by Crippen LogP contribution is -2.39. The highest BCUT2D eigenvalue weighted by molar-refractivity contribution is 5.94. The summed E-state index contributed by atoms with van der Waals surface area (Å²) < 4.78 is 13.3. The Labute approximate surface area is 134 Å². The first-order chi connectivity index (χ1) is 11.0. The molecule has 1 atom stereocenters. The zero-order valence-electron chi connectivity index (χ0n) is 13.0. The highest BCUT2D eigenvalue weighted by Crippen LogP contribution is 2.23. The number of nitrogens with one attached hydrogen (secondary N) is 1. The molecule has 0 bridgehead atoms. The summed E-state index contributed by atoms with van der Waals surface area (Å²) in [5.41, 5.74) is 1.41. The minimum absolute atomic E-state index is 0.00463. The molecule has 0 unspecified atom stereocenters. The Bertz CT molecular complexity index is 785. The number of likely N-dealkylation sites (tertiary alicyclic amines) is 1. The van der Waals surface area contributed by atoms with E-state index in [-0.39, 0.29) is 28.9 Å². The number of halogens is 1. The van der Waals surface area contributed by atoms with Crippen molar-refractivity contribution in [3.8, 4) is 0 Å². The number of aromatic amines is 1. The molecule has 0 spiro atoms. The van der Waals surface area contributed by atoms with Gasteiger partial charge in [0, 0.05) is 18.3 Å². The maximum atomic E-state index is 13.3. The highest BCUT2D eigenvalue weighted by Gasteiger charge is 2.30. The first-order valence-electron chi connectivity index (χ1n) is 7.80. The second-order valence-corrected chi connectivity index (χ2v) is 6.01. The SMILES string of the molecule is Cc1ccc(C(=O)N2CCC[C@@H]2Cc2cccc(F)c2)c(=O)[nH]1. The molecule has 23 heavy (non-hydrogen) atoms. The maximum Gasteiger partial charge on any atom is 0.260 e. The lowest BCUT2D eigenvalue weighted by Gasteiger charge is -2.24. The topological polar surface area (TPSA) is 53.2 Å². The van der Waals surface area contributed by atoms with Crippen LogP contribution in [0.1, 0.15) is 34.5 Å². The molecule has 2 heterocycles. The summed E-state index contributed by atoms with van der Waals surface area (Å²) in [7, 11) is 0. The van der Waals surface area contributed by atoms with Gasteiger partial charge in [0.25, 0.3) is 11.5 Å².